The minimum Gasteiger partial charge on any atom is -0.497 e. The average molecular weight is 359 g/mol. The van der Waals surface area contributed by atoms with Crippen LogP contribution >= 0.6 is 11.6 Å². The van der Waals surface area contributed by atoms with E-state index in [9.17, 15) is 4.79 Å². The third-order valence-electron chi connectivity index (χ3n) is 3.45. The van der Waals surface area contributed by atoms with Gasteiger partial charge in [-0.2, -0.15) is 0 Å². The number of pyridine rings is 1. The highest BCUT2D eigenvalue weighted by Crippen LogP contribution is 2.22. The summed E-state index contributed by atoms with van der Waals surface area (Å²) in [5, 5.41) is 4.23. The first-order valence-electron chi connectivity index (χ1n) is 7.46. The maximum Gasteiger partial charge on any atom is 0.338 e. The quantitative estimate of drug-likeness (QED) is 0.505. The summed E-state index contributed by atoms with van der Waals surface area (Å²) in [6.45, 7) is 1.72. The van der Waals surface area contributed by atoms with Gasteiger partial charge in [0.1, 0.15) is 16.6 Å². The van der Waals surface area contributed by atoms with Gasteiger partial charge in [-0.15, -0.1) is 0 Å². The van der Waals surface area contributed by atoms with Crippen LogP contribution in [-0.4, -0.2) is 23.2 Å². The Morgan fingerprint density at radius 2 is 1.96 bits per heavy atom. The molecule has 0 saturated heterocycles. The summed E-state index contributed by atoms with van der Waals surface area (Å²) in [5.74, 6) is 0.693. The zero-order valence-electron chi connectivity index (χ0n) is 13.7. The van der Waals surface area contributed by atoms with Crippen molar-refractivity contribution in [2.45, 2.75) is 13.5 Å². The number of aromatic nitrogens is 2. The van der Waals surface area contributed by atoms with Crippen LogP contribution in [0.15, 0.2) is 47.0 Å². The number of rotatable bonds is 5. The Labute approximate surface area is 149 Å². The smallest absolute Gasteiger partial charge is 0.338 e. The van der Waals surface area contributed by atoms with E-state index in [1.807, 2.05) is 24.3 Å². The number of halogens is 1. The van der Waals surface area contributed by atoms with Crippen molar-refractivity contribution < 1.29 is 18.8 Å². The molecule has 2 heterocycles. The predicted octanol–water partition coefficient (Wildman–Crippen LogP) is 4.06. The molecule has 0 aliphatic carbocycles. The van der Waals surface area contributed by atoms with E-state index in [4.69, 9.17) is 25.6 Å². The van der Waals surface area contributed by atoms with Gasteiger partial charge in [0.05, 0.1) is 12.7 Å². The van der Waals surface area contributed by atoms with E-state index in [0.29, 0.717) is 22.7 Å². The summed E-state index contributed by atoms with van der Waals surface area (Å²) < 4.78 is 15.6. The summed E-state index contributed by atoms with van der Waals surface area (Å²) in [6.07, 6.45) is 0. The monoisotopic (exact) mass is 358 g/mol. The number of ether oxygens (including phenoxy) is 2. The lowest BCUT2D eigenvalue weighted by molar-refractivity contribution is 0.0437. The van der Waals surface area contributed by atoms with Crippen LogP contribution in [0.3, 0.4) is 0 Å². The molecule has 128 valence electrons. The van der Waals surface area contributed by atoms with Crippen molar-refractivity contribution in [3.63, 3.8) is 0 Å². The summed E-state index contributed by atoms with van der Waals surface area (Å²) in [5.41, 5.74) is 2.50. The van der Waals surface area contributed by atoms with Gasteiger partial charge < -0.3 is 14.0 Å². The zero-order valence-corrected chi connectivity index (χ0v) is 14.4. The molecule has 1 aromatic carbocycles. The van der Waals surface area contributed by atoms with Crippen LogP contribution in [0, 0.1) is 6.92 Å². The molecule has 0 N–H and O–H groups in total. The summed E-state index contributed by atoms with van der Waals surface area (Å²) >= 11 is 5.85. The molecule has 0 bridgehead atoms. The summed E-state index contributed by atoms with van der Waals surface area (Å²) in [6, 6.07) is 12.2. The second kappa shape index (κ2) is 7.36. The maximum absolute atomic E-state index is 12.1. The Kier molecular flexibility index (Phi) is 5.00. The Bertz CT molecular complexity index is 870. The minimum absolute atomic E-state index is 0.0268. The highest BCUT2D eigenvalue weighted by atomic mass is 35.5. The maximum atomic E-state index is 12.1. The molecule has 0 spiro atoms. The second-order valence-corrected chi connectivity index (χ2v) is 5.69. The number of carbonyl (C=O) groups is 1. The third-order valence-corrected chi connectivity index (χ3v) is 3.64. The lowest BCUT2D eigenvalue weighted by Crippen LogP contribution is -2.05. The average Bonchev–Trinajstić information content (AvgIpc) is 3.08. The predicted molar refractivity (Wildman–Crippen MR) is 91.6 cm³/mol. The van der Waals surface area contributed by atoms with Gasteiger partial charge in [-0.1, -0.05) is 16.8 Å². The van der Waals surface area contributed by atoms with Crippen molar-refractivity contribution in [2.75, 3.05) is 7.11 Å². The van der Waals surface area contributed by atoms with Crippen LogP contribution in [0.5, 0.6) is 5.75 Å². The first-order chi connectivity index (χ1) is 12.0. The fourth-order valence-electron chi connectivity index (χ4n) is 2.24. The molecule has 0 radical (unpaired) electrons. The first kappa shape index (κ1) is 17.0. The topological polar surface area (TPSA) is 74.5 Å². The third kappa shape index (κ3) is 4.16. The van der Waals surface area contributed by atoms with E-state index in [1.54, 1.807) is 26.2 Å². The number of hydrogen-bond acceptors (Lipinski definition) is 6. The van der Waals surface area contributed by atoms with Gasteiger partial charge in [0, 0.05) is 17.3 Å². The van der Waals surface area contributed by atoms with Crippen LogP contribution < -0.4 is 4.74 Å². The van der Waals surface area contributed by atoms with Crippen molar-refractivity contribution in [1.29, 1.82) is 0 Å². The van der Waals surface area contributed by atoms with Crippen molar-refractivity contribution in [3.05, 3.63) is 64.6 Å². The van der Waals surface area contributed by atoms with Gasteiger partial charge in [-0.3, -0.25) is 0 Å². The molecule has 0 saturated carbocycles. The van der Waals surface area contributed by atoms with Crippen molar-refractivity contribution in [2.24, 2.45) is 0 Å². The van der Waals surface area contributed by atoms with Crippen LogP contribution in [0.1, 0.15) is 21.8 Å². The van der Waals surface area contributed by atoms with E-state index in [-0.39, 0.29) is 11.8 Å². The molecule has 0 atom stereocenters. The van der Waals surface area contributed by atoms with Gasteiger partial charge in [0.2, 0.25) is 0 Å². The highest BCUT2D eigenvalue weighted by Gasteiger charge is 2.12. The Morgan fingerprint density at radius 1 is 1.20 bits per heavy atom. The van der Waals surface area contributed by atoms with Crippen LogP contribution in [0.25, 0.3) is 11.3 Å². The van der Waals surface area contributed by atoms with E-state index in [0.717, 1.165) is 11.3 Å². The van der Waals surface area contributed by atoms with Gasteiger partial charge >= 0.3 is 5.97 Å². The Morgan fingerprint density at radius 3 is 2.64 bits per heavy atom. The Balaban J connectivity index is 1.65. The van der Waals surface area contributed by atoms with Gasteiger partial charge in [0.25, 0.3) is 0 Å². The number of esters is 1. The molecule has 0 amide bonds. The molecular formula is C18H15ClN2O4. The Hall–Kier alpha value is -2.86. The number of carbonyl (C=O) groups excluding carboxylic acids is 1. The fraction of sp³-hybridized carbons (Fsp3) is 0.167. The van der Waals surface area contributed by atoms with E-state index in [1.165, 1.54) is 6.07 Å². The normalized spacial score (nSPS) is 10.5. The first-order valence-corrected chi connectivity index (χ1v) is 7.84. The lowest BCUT2D eigenvalue weighted by atomic mass is 10.1. The van der Waals surface area contributed by atoms with E-state index >= 15 is 0 Å². The second-order valence-electron chi connectivity index (χ2n) is 5.30. The standard InChI is InChI=1S/C18H15ClN2O4/c1-11-7-13(8-17(19)20-11)18(22)24-10-15-9-16(21-25-15)12-3-5-14(23-2)6-4-12/h3-9H,10H2,1-2H3. The van der Waals surface area contributed by atoms with Gasteiger partial charge in [-0.05, 0) is 43.3 Å². The van der Waals surface area contributed by atoms with Crippen LogP contribution in [-0.2, 0) is 11.3 Å². The van der Waals surface area contributed by atoms with Gasteiger partial charge in [0.15, 0.2) is 12.4 Å². The van der Waals surface area contributed by atoms with Crippen molar-refractivity contribution >= 4 is 17.6 Å². The van der Waals surface area contributed by atoms with E-state index < -0.39 is 5.97 Å². The number of hydrogen-bond donors (Lipinski definition) is 0. The van der Waals surface area contributed by atoms with Crippen molar-refractivity contribution in [1.82, 2.24) is 10.1 Å². The van der Waals surface area contributed by atoms with Crippen LogP contribution in [0.2, 0.25) is 5.15 Å². The molecule has 7 heteroatoms. The molecule has 3 aromatic rings. The molecular weight excluding hydrogens is 344 g/mol. The molecule has 0 aliphatic rings. The molecule has 3 rings (SSSR count). The number of methoxy groups -OCH3 is 1. The summed E-state index contributed by atoms with van der Waals surface area (Å²) in [7, 11) is 1.61. The molecule has 0 unspecified atom stereocenters. The molecule has 2 aromatic heterocycles. The van der Waals surface area contributed by atoms with Crippen LogP contribution in [0.4, 0.5) is 0 Å². The van der Waals surface area contributed by atoms with E-state index in [2.05, 4.69) is 10.1 Å². The van der Waals surface area contributed by atoms with Crippen molar-refractivity contribution in [3.8, 4) is 17.0 Å². The highest BCUT2D eigenvalue weighted by molar-refractivity contribution is 6.29. The lowest BCUT2D eigenvalue weighted by Gasteiger charge is -2.03. The minimum atomic E-state index is -0.505. The molecule has 6 nitrogen and oxygen atoms in total. The summed E-state index contributed by atoms with van der Waals surface area (Å²) in [4.78, 5) is 16.1. The SMILES string of the molecule is COc1ccc(-c2cc(COC(=O)c3cc(C)nc(Cl)c3)on2)cc1. The molecule has 0 fully saturated rings. The fourth-order valence-corrected chi connectivity index (χ4v) is 2.50. The molecule has 25 heavy (non-hydrogen) atoms. The largest absolute Gasteiger partial charge is 0.497 e. The number of benzene rings is 1. The number of aryl methyl sites for hydroxylation is 1. The zero-order chi connectivity index (χ0) is 17.8. The number of nitrogens with zero attached hydrogens (tertiary/aromatic N) is 2. The van der Waals surface area contributed by atoms with Gasteiger partial charge in [-0.25, -0.2) is 9.78 Å². The molecule has 0 aliphatic heterocycles.